The summed E-state index contributed by atoms with van der Waals surface area (Å²) in [6.45, 7) is 2.01. The minimum absolute atomic E-state index is 0.316. The van der Waals surface area contributed by atoms with Gasteiger partial charge in [0.2, 0.25) is 5.88 Å². The first-order valence-electron chi connectivity index (χ1n) is 7.96. The Hall–Kier alpha value is -1.72. The molecule has 1 aliphatic heterocycles. The van der Waals surface area contributed by atoms with Crippen molar-refractivity contribution in [1.82, 2.24) is 4.57 Å². The summed E-state index contributed by atoms with van der Waals surface area (Å²) in [5.74, 6) is 0.316. The summed E-state index contributed by atoms with van der Waals surface area (Å²) in [6.07, 6.45) is 6.69. The van der Waals surface area contributed by atoms with Gasteiger partial charge in [-0.2, -0.15) is 0 Å². The van der Waals surface area contributed by atoms with Crippen molar-refractivity contribution in [2.75, 3.05) is 0 Å². The van der Waals surface area contributed by atoms with Gasteiger partial charge < -0.3 is 5.11 Å². The van der Waals surface area contributed by atoms with Crippen LogP contribution in [0.25, 0.3) is 11.6 Å². The zero-order valence-corrected chi connectivity index (χ0v) is 14.6. The molecule has 118 valence electrons. The molecule has 0 amide bonds. The third kappa shape index (κ3) is 2.48. The first kappa shape index (κ1) is 14.8. The lowest BCUT2D eigenvalue weighted by molar-refractivity contribution is 0.380. The number of para-hydroxylation sites is 1. The van der Waals surface area contributed by atoms with E-state index in [4.69, 9.17) is 12.2 Å². The number of rotatable bonds is 2. The summed E-state index contributed by atoms with van der Waals surface area (Å²) < 4.78 is 2.72. The summed E-state index contributed by atoms with van der Waals surface area (Å²) in [7, 11) is 0. The van der Waals surface area contributed by atoms with Crippen LogP contribution in [0.3, 0.4) is 0 Å². The monoisotopic (exact) mass is 342 g/mol. The average molecular weight is 342 g/mol. The molecule has 0 spiro atoms. The number of nitrogens with zero attached hydrogens (tertiary/aromatic N) is 2. The van der Waals surface area contributed by atoms with Crippen LogP contribution in [0.5, 0.6) is 5.88 Å². The number of aliphatic imine (C=N–C) groups is 1. The molecule has 1 aromatic heterocycles. The summed E-state index contributed by atoms with van der Waals surface area (Å²) in [5, 5.41) is 10.7. The van der Waals surface area contributed by atoms with Crippen LogP contribution in [0.2, 0.25) is 0 Å². The molecule has 0 saturated heterocycles. The Balaban J connectivity index is 1.80. The lowest BCUT2D eigenvalue weighted by Gasteiger charge is -2.12. The number of thiazole rings is 1. The van der Waals surface area contributed by atoms with E-state index in [1.54, 1.807) is 0 Å². The van der Waals surface area contributed by atoms with E-state index >= 15 is 0 Å². The van der Waals surface area contributed by atoms with E-state index in [0.29, 0.717) is 11.9 Å². The van der Waals surface area contributed by atoms with Crippen LogP contribution in [-0.2, 0) is 0 Å². The van der Waals surface area contributed by atoms with Crippen molar-refractivity contribution < 1.29 is 5.11 Å². The Bertz CT molecular complexity index is 883. The lowest BCUT2D eigenvalue weighted by atomic mass is 10.0. The molecule has 0 radical (unpaired) electrons. The highest BCUT2D eigenvalue weighted by Crippen LogP contribution is 2.41. The molecule has 1 aromatic carbocycles. The molecular weight excluding hydrogens is 324 g/mol. The van der Waals surface area contributed by atoms with Crippen LogP contribution >= 0.6 is 23.6 Å². The number of fused-ring (bicyclic) bond motifs is 1. The highest BCUT2D eigenvalue weighted by atomic mass is 32.1. The van der Waals surface area contributed by atoms with E-state index in [1.165, 1.54) is 24.2 Å². The van der Waals surface area contributed by atoms with E-state index < -0.39 is 0 Å². The van der Waals surface area contributed by atoms with E-state index in [2.05, 4.69) is 11.1 Å². The van der Waals surface area contributed by atoms with Gasteiger partial charge in [0.25, 0.3) is 0 Å². The second-order valence-corrected chi connectivity index (χ2v) is 7.81. The average Bonchev–Trinajstić information content (AvgIpc) is 3.21. The first-order valence-corrected chi connectivity index (χ1v) is 9.18. The van der Waals surface area contributed by atoms with Gasteiger partial charge in [0.15, 0.2) is 3.95 Å². The molecule has 1 fully saturated rings. The maximum Gasteiger partial charge on any atom is 0.210 e. The second kappa shape index (κ2) is 5.73. The minimum atomic E-state index is 0.316. The maximum atomic E-state index is 10.7. The molecule has 3 nitrogen and oxygen atoms in total. The number of benzene rings is 1. The highest BCUT2D eigenvalue weighted by Gasteiger charge is 2.24. The molecule has 0 unspecified atom stereocenters. The molecule has 1 N–H and O–H groups in total. The summed E-state index contributed by atoms with van der Waals surface area (Å²) >= 11 is 6.99. The Morgan fingerprint density at radius 3 is 2.83 bits per heavy atom. The number of aromatic hydroxyl groups is 1. The van der Waals surface area contributed by atoms with Crippen LogP contribution in [0.15, 0.2) is 29.3 Å². The Morgan fingerprint density at radius 2 is 2.04 bits per heavy atom. The van der Waals surface area contributed by atoms with Gasteiger partial charge in [0.05, 0.1) is 10.6 Å². The van der Waals surface area contributed by atoms with Gasteiger partial charge in [-0.1, -0.05) is 31.0 Å². The van der Waals surface area contributed by atoms with Gasteiger partial charge in [0.1, 0.15) is 0 Å². The lowest BCUT2D eigenvalue weighted by Crippen LogP contribution is -2.03. The molecule has 0 bridgehead atoms. The Labute approximate surface area is 144 Å². The third-order valence-corrected chi connectivity index (χ3v) is 6.02. The smallest absolute Gasteiger partial charge is 0.210 e. The van der Waals surface area contributed by atoms with Crippen LogP contribution in [0, 0.1) is 3.95 Å². The first-order chi connectivity index (χ1) is 11.1. The molecule has 0 atom stereocenters. The molecule has 2 aromatic rings. The van der Waals surface area contributed by atoms with Crippen molar-refractivity contribution in [1.29, 1.82) is 0 Å². The number of hydrogen-bond donors (Lipinski definition) is 1. The van der Waals surface area contributed by atoms with Crippen LogP contribution in [0.4, 0.5) is 5.69 Å². The summed E-state index contributed by atoms with van der Waals surface area (Å²) in [6, 6.07) is 8.47. The van der Waals surface area contributed by atoms with Gasteiger partial charge in [-0.3, -0.25) is 9.56 Å². The van der Waals surface area contributed by atoms with E-state index in [-0.39, 0.29) is 0 Å². The topological polar surface area (TPSA) is 37.5 Å². The quantitative estimate of drug-likeness (QED) is 0.706. The standard InChI is InChI=1S/C18H18N2OS2/c1-11-14(13-8-4-5-9-15(13)19-11)10-16-17(21)20(18(22)23-16)12-6-2-3-7-12/h4-5,8-10,12,21H,2-3,6-7H2,1H3/b14-10+. The molecule has 2 heterocycles. The summed E-state index contributed by atoms with van der Waals surface area (Å²) in [5.41, 5.74) is 4.17. The van der Waals surface area contributed by atoms with E-state index in [1.807, 2.05) is 35.8 Å². The molecule has 1 saturated carbocycles. The Kier molecular flexibility index (Phi) is 3.70. The molecule has 4 rings (SSSR count). The van der Waals surface area contributed by atoms with Crippen molar-refractivity contribution >= 4 is 46.6 Å². The van der Waals surface area contributed by atoms with Crippen molar-refractivity contribution in [2.24, 2.45) is 4.99 Å². The zero-order chi connectivity index (χ0) is 16.0. The molecule has 1 aliphatic carbocycles. The number of allylic oxidation sites excluding steroid dienone is 1. The van der Waals surface area contributed by atoms with Crippen molar-refractivity contribution in [3.05, 3.63) is 38.7 Å². The second-order valence-electron chi connectivity index (χ2n) is 6.14. The predicted molar refractivity (Wildman–Crippen MR) is 99.4 cm³/mol. The molecule has 23 heavy (non-hydrogen) atoms. The normalized spacial score (nSPS) is 19.3. The highest BCUT2D eigenvalue weighted by molar-refractivity contribution is 7.73. The fourth-order valence-electron chi connectivity index (χ4n) is 3.52. The van der Waals surface area contributed by atoms with Gasteiger partial charge >= 0.3 is 0 Å². The van der Waals surface area contributed by atoms with Crippen molar-refractivity contribution in [3.63, 3.8) is 0 Å². The molecule has 2 aliphatic rings. The maximum absolute atomic E-state index is 10.7. The third-order valence-electron chi connectivity index (χ3n) is 4.68. The summed E-state index contributed by atoms with van der Waals surface area (Å²) in [4.78, 5) is 5.44. The van der Waals surface area contributed by atoms with Gasteiger partial charge in [0, 0.05) is 22.9 Å². The molecule has 5 heteroatoms. The van der Waals surface area contributed by atoms with E-state index in [0.717, 1.165) is 44.2 Å². The van der Waals surface area contributed by atoms with Crippen LogP contribution < -0.4 is 0 Å². The predicted octanol–water partition coefficient (Wildman–Crippen LogP) is 5.75. The fourth-order valence-corrected chi connectivity index (χ4v) is 4.91. The van der Waals surface area contributed by atoms with Crippen molar-refractivity contribution in [3.8, 4) is 5.88 Å². The van der Waals surface area contributed by atoms with Crippen LogP contribution in [-0.4, -0.2) is 15.4 Å². The zero-order valence-electron chi connectivity index (χ0n) is 13.0. The number of hydrogen-bond acceptors (Lipinski definition) is 4. The fraction of sp³-hybridized carbons (Fsp3) is 0.333. The van der Waals surface area contributed by atoms with E-state index in [9.17, 15) is 5.11 Å². The largest absolute Gasteiger partial charge is 0.493 e. The van der Waals surface area contributed by atoms with Gasteiger partial charge in [-0.05, 0) is 44.1 Å². The number of aromatic nitrogens is 1. The van der Waals surface area contributed by atoms with Gasteiger partial charge in [-0.25, -0.2) is 0 Å². The molecular formula is C18H18N2OS2. The minimum Gasteiger partial charge on any atom is -0.493 e. The SMILES string of the molecule is CC1=Nc2ccccc2/C1=C/c1sc(=S)n(C2CCCC2)c1O. The Morgan fingerprint density at radius 1 is 1.30 bits per heavy atom. The van der Waals surface area contributed by atoms with Crippen LogP contribution in [0.1, 0.15) is 49.1 Å². The van der Waals surface area contributed by atoms with Crippen molar-refractivity contribution in [2.45, 2.75) is 38.6 Å². The van der Waals surface area contributed by atoms with Gasteiger partial charge in [-0.15, -0.1) is 11.3 Å².